The van der Waals surface area contributed by atoms with Crippen LogP contribution >= 0.6 is 11.3 Å². The van der Waals surface area contributed by atoms with Gasteiger partial charge in [-0.25, -0.2) is 4.98 Å². The zero-order valence-electron chi connectivity index (χ0n) is 9.10. The Hall–Kier alpha value is -1.62. The summed E-state index contributed by atoms with van der Waals surface area (Å²) in [6.07, 6.45) is 0.993. The topological polar surface area (TPSA) is 63.8 Å². The predicted octanol–water partition coefficient (Wildman–Crippen LogP) is 2.08. The molecule has 0 spiro atoms. The lowest BCUT2D eigenvalue weighted by atomic mass is 10.2. The summed E-state index contributed by atoms with van der Waals surface area (Å²) >= 11 is 1.72. The molecular weight excluding hydrogens is 220 g/mol. The van der Waals surface area contributed by atoms with Crippen molar-refractivity contribution < 1.29 is 0 Å². The molecule has 0 atom stereocenters. The first-order chi connectivity index (χ1) is 7.74. The van der Waals surface area contributed by atoms with Gasteiger partial charge in [-0.2, -0.15) is 16.3 Å². The minimum absolute atomic E-state index is 0.318. The molecule has 2 aromatic heterocycles. The van der Waals surface area contributed by atoms with Crippen molar-refractivity contribution in [2.75, 3.05) is 17.6 Å². The Morgan fingerprint density at radius 2 is 2.31 bits per heavy atom. The van der Waals surface area contributed by atoms with Crippen LogP contribution in [0.25, 0.3) is 0 Å². The number of thiophene rings is 1. The van der Waals surface area contributed by atoms with Gasteiger partial charge in [0, 0.05) is 18.3 Å². The number of nitrogen functional groups attached to an aromatic ring is 1. The van der Waals surface area contributed by atoms with E-state index in [-0.39, 0.29) is 0 Å². The summed E-state index contributed by atoms with van der Waals surface area (Å²) in [4.78, 5) is 8.13. The van der Waals surface area contributed by atoms with Crippen LogP contribution in [0, 0.1) is 6.92 Å². The van der Waals surface area contributed by atoms with Crippen LogP contribution in [0.4, 0.5) is 11.8 Å². The fourth-order valence-electron chi connectivity index (χ4n) is 1.45. The van der Waals surface area contributed by atoms with E-state index >= 15 is 0 Å². The summed E-state index contributed by atoms with van der Waals surface area (Å²) < 4.78 is 0. The number of nitrogens with one attached hydrogen (secondary N) is 1. The highest BCUT2D eigenvalue weighted by atomic mass is 32.1. The highest BCUT2D eigenvalue weighted by molar-refractivity contribution is 7.07. The molecule has 0 aromatic carbocycles. The van der Waals surface area contributed by atoms with E-state index in [4.69, 9.17) is 5.73 Å². The van der Waals surface area contributed by atoms with Crippen LogP contribution in [0.5, 0.6) is 0 Å². The Morgan fingerprint density at radius 3 is 3.00 bits per heavy atom. The minimum atomic E-state index is 0.318. The number of hydrogen-bond donors (Lipinski definition) is 2. The maximum Gasteiger partial charge on any atom is 0.222 e. The number of rotatable bonds is 4. The van der Waals surface area contributed by atoms with Gasteiger partial charge in [0.2, 0.25) is 5.95 Å². The van der Waals surface area contributed by atoms with Crippen LogP contribution in [-0.4, -0.2) is 16.5 Å². The fourth-order valence-corrected chi connectivity index (χ4v) is 2.16. The molecule has 0 unspecified atom stereocenters. The smallest absolute Gasteiger partial charge is 0.222 e. The van der Waals surface area contributed by atoms with Gasteiger partial charge in [0.25, 0.3) is 0 Å². The third kappa shape index (κ3) is 2.93. The van der Waals surface area contributed by atoms with E-state index < -0.39 is 0 Å². The van der Waals surface area contributed by atoms with E-state index in [1.165, 1.54) is 5.56 Å². The molecule has 84 valence electrons. The molecule has 0 saturated carbocycles. The van der Waals surface area contributed by atoms with E-state index in [0.717, 1.165) is 24.5 Å². The van der Waals surface area contributed by atoms with Crippen molar-refractivity contribution in [3.8, 4) is 0 Å². The normalized spacial score (nSPS) is 10.3. The summed E-state index contributed by atoms with van der Waals surface area (Å²) in [6.45, 7) is 2.76. The Kier molecular flexibility index (Phi) is 3.36. The lowest BCUT2D eigenvalue weighted by Crippen LogP contribution is -2.08. The van der Waals surface area contributed by atoms with Crippen molar-refractivity contribution in [1.82, 2.24) is 9.97 Å². The van der Waals surface area contributed by atoms with E-state index in [9.17, 15) is 0 Å². The van der Waals surface area contributed by atoms with Gasteiger partial charge >= 0.3 is 0 Å². The van der Waals surface area contributed by atoms with E-state index in [1.807, 2.05) is 13.0 Å². The highest BCUT2D eigenvalue weighted by Crippen LogP contribution is 2.09. The average molecular weight is 234 g/mol. The number of aromatic nitrogens is 2. The fraction of sp³-hybridized carbons (Fsp3) is 0.273. The minimum Gasteiger partial charge on any atom is -0.370 e. The highest BCUT2D eigenvalue weighted by Gasteiger charge is 1.99. The summed E-state index contributed by atoms with van der Waals surface area (Å²) in [6, 6.07) is 4.02. The number of nitrogens with two attached hydrogens (primary N) is 1. The van der Waals surface area contributed by atoms with Gasteiger partial charge in [0.15, 0.2) is 0 Å². The van der Waals surface area contributed by atoms with E-state index in [0.29, 0.717) is 5.95 Å². The largest absolute Gasteiger partial charge is 0.370 e. The van der Waals surface area contributed by atoms with Gasteiger partial charge in [-0.05, 0) is 35.7 Å². The lowest BCUT2D eigenvalue weighted by molar-refractivity contribution is 1.00. The van der Waals surface area contributed by atoms with Crippen LogP contribution in [0.2, 0.25) is 0 Å². The van der Waals surface area contributed by atoms with E-state index in [2.05, 4.69) is 32.1 Å². The van der Waals surface area contributed by atoms with Crippen molar-refractivity contribution in [2.45, 2.75) is 13.3 Å². The zero-order valence-corrected chi connectivity index (χ0v) is 9.92. The summed E-state index contributed by atoms with van der Waals surface area (Å²) in [5.74, 6) is 1.11. The molecule has 0 bridgehead atoms. The molecule has 0 amide bonds. The van der Waals surface area contributed by atoms with Crippen LogP contribution in [0.15, 0.2) is 22.9 Å². The van der Waals surface area contributed by atoms with Crippen molar-refractivity contribution >= 4 is 23.1 Å². The molecule has 0 fully saturated rings. The quantitative estimate of drug-likeness (QED) is 0.850. The molecule has 2 aromatic rings. The van der Waals surface area contributed by atoms with Crippen molar-refractivity contribution in [3.63, 3.8) is 0 Å². The van der Waals surface area contributed by atoms with Gasteiger partial charge in [-0.15, -0.1) is 0 Å². The summed E-state index contributed by atoms with van der Waals surface area (Å²) in [5.41, 5.74) is 7.79. The molecule has 0 aliphatic heterocycles. The molecule has 4 nitrogen and oxygen atoms in total. The summed E-state index contributed by atoms with van der Waals surface area (Å²) in [5, 5.41) is 7.48. The summed E-state index contributed by atoms with van der Waals surface area (Å²) in [7, 11) is 0. The molecular formula is C11H14N4S. The molecule has 0 radical (unpaired) electrons. The van der Waals surface area contributed by atoms with Gasteiger partial charge in [-0.1, -0.05) is 0 Å². The second-order valence-electron chi connectivity index (χ2n) is 3.56. The second-order valence-corrected chi connectivity index (χ2v) is 4.34. The molecule has 2 heterocycles. The predicted molar refractivity (Wildman–Crippen MR) is 67.7 cm³/mol. The molecule has 0 aliphatic carbocycles. The first kappa shape index (κ1) is 10.9. The Bertz CT molecular complexity index is 433. The number of aryl methyl sites for hydroxylation is 1. The van der Waals surface area contributed by atoms with Crippen molar-refractivity contribution in [3.05, 3.63) is 34.2 Å². The average Bonchev–Trinajstić information content (AvgIpc) is 2.69. The van der Waals surface area contributed by atoms with Crippen LogP contribution in [0.1, 0.15) is 11.3 Å². The third-order valence-electron chi connectivity index (χ3n) is 2.17. The van der Waals surface area contributed by atoms with Gasteiger partial charge in [0.1, 0.15) is 5.82 Å². The first-order valence-electron chi connectivity index (χ1n) is 5.10. The maximum absolute atomic E-state index is 5.57. The van der Waals surface area contributed by atoms with Gasteiger partial charge in [-0.3, -0.25) is 0 Å². The van der Waals surface area contributed by atoms with Crippen molar-refractivity contribution in [2.24, 2.45) is 0 Å². The SMILES string of the molecule is Cc1cc(NCCc2ccsc2)nc(N)n1. The number of anilines is 2. The lowest BCUT2D eigenvalue weighted by Gasteiger charge is -2.05. The number of hydrogen-bond acceptors (Lipinski definition) is 5. The van der Waals surface area contributed by atoms with Gasteiger partial charge < -0.3 is 11.1 Å². The molecule has 16 heavy (non-hydrogen) atoms. The van der Waals surface area contributed by atoms with Crippen LogP contribution < -0.4 is 11.1 Å². The molecule has 3 N–H and O–H groups in total. The Morgan fingerprint density at radius 1 is 1.44 bits per heavy atom. The number of nitrogens with zero attached hydrogens (tertiary/aromatic N) is 2. The second kappa shape index (κ2) is 4.94. The maximum atomic E-state index is 5.57. The van der Waals surface area contributed by atoms with E-state index in [1.54, 1.807) is 11.3 Å². The van der Waals surface area contributed by atoms with Crippen LogP contribution in [-0.2, 0) is 6.42 Å². The Balaban J connectivity index is 1.89. The van der Waals surface area contributed by atoms with Gasteiger partial charge in [0.05, 0.1) is 0 Å². The van der Waals surface area contributed by atoms with Crippen LogP contribution in [0.3, 0.4) is 0 Å². The molecule has 5 heteroatoms. The standard InChI is InChI=1S/C11H14N4S/c1-8-6-10(15-11(12)14-8)13-4-2-9-3-5-16-7-9/h3,5-7H,2,4H2,1H3,(H3,12,13,14,15). The molecule has 0 saturated heterocycles. The Labute approximate surface area is 98.6 Å². The monoisotopic (exact) mass is 234 g/mol. The third-order valence-corrected chi connectivity index (χ3v) is 2.90. The molecule has 2 rings (SSSR count). The zero-order chi connectivity index (χ0) is 11.4. The first-order valence-corrected chi connectivity index (χ1v) is 6.04. The van der Waals surface area contributed by atoms with Crippen molar-refractivity contribution in [1.29, 1.82) is 0 Å². The molecule has 0 aliphatic rings.